The number of hydrogen-bond donors (Lipinski definition) is 3. The molecule has 0 heterocycles. The van der Waals surface area contributed by atoms with Crippen LogP contribution in [-0.2, 0) is 4.79 Å². The first-order valence-electron chi connectivity index (χ1n) is 8.19. The zero-order valence-corrected chi connectivity index (χ0v) is 17.1. The number of unbranched alkanes of at least 4 members (excludes halogenated alkanes) is 2. The van der Waals surface area contributed by atoms with Crippen molar-refractivity contribution in [2.24, 2.45) is 0 Å². The van der Waals surface area contributed by atoms with Gasteiger partial charge >= 0.3 is 0 Å². The third-order valence-electron chi connectivity index (χ3n) is 3.11. The molecule has 0 radical (unpaired) electrons. The van der Waals surface area contributed by atoms with E-state index in [-0.39, 0.29) is 23.0 Å². The third kappa shape index (κ3) is 8.31. The van der Waals surface area contributed by atoms with E-state index >= 15 is 0 Å². The first kappa shape index (κ1) is 21.4. The van der Waals surface area contributed by atoms with E-state index in [0.717, 1.165) is 19.3 Å². The van der Waals surface area contributed by atoms with E-state index in [1.165, 1.54) is 0 Å². The van der Waals surface area contributed by atoms with Crippen molar-refractivity contribution in [1.29, 1.82) is 0 Å². The molecule has 3 N–H and O–H groups in total. The molecule has 0 aliphatic heterocycles. The Morgan fingerprint density at radius 1 is 1.24 bits per heavy atom. The van der Waals surface area contributed by atoms with E-state index in [9.17, 15) is 9.59 Å². The van der Waals surface area contributed by atoms with Crippen LogP contribution in [0.2, 0.25) is 0 Å². The van der Waals surface area contributed by atoms with E-state index in [2.05, 4.69) is 39.0 Å². The zero-order chi connectivity index (χ0) is 18.8. The maximum Gasteiger partial charge on any atom is 0.257 e. The standard InChI is InChI=1S/C17H24BrN3O3S/c1-4-5-6-7-15(22)20-21-17(25)19-16(23)12-8-9-14(13(18)10-12)24-11(2)3/h8-11H,4-7H2,1-3H3,(H,20,22)(H2,19,21,23,25). The largest absolute Gasteiger partial charge is 0.490 e. The molecule has 1 aromatic rings. The molecule has 2 amide bonds. The summed E-state index contributed by atoms with van der Waals surface area (Å²) in [6, 6.07) is 5.01. The molecule has 0 spiro atoms. The Bertz CT molecular complexity index is 623. The Kier molecular flexibility index (Phi) is 9.44. The number of rotatable bonds is 7. The molecule has 25 heavy (non-hydrogen) atoms. The summed E-state index contributed by atoms with van der Waals surface area (Å²) < 4.78 is 6.28. The number of ether oxygens (including phenoxy) is 1. The first-order chi connectivity index (χ1) is 11.8. The molecule has 1 rings (SSSR count). The lowest BCUT2D eigenvalue weighted by Crippen LogP contribution is -2.48. The van der Waals surface area contributed by atoms with Crippen LogP contribution >= 0.6 is 28.1 Å². The molecule has 0 unspecified atom stereocenters. The summed E-state index contributed by atoms with van der Waals surface area (Å²) in [5, 5.41) is 2.55. The van der Waals surface area contributed by atoms with Gasteiger partial charge in [-0.2, -0.15) is 0 Å². The molecular weight excluding hydrogens is 406 g/mol. The van der Waals surface area contributed by atoms with Gasteiger partial charge in [0.05, 0.1) is 10.6 Å². The predicted molar refractivity (Wildman–Crippen MR) is 105 cm³/mol. The van der Waals surface area contributed by atoms with Crippen LogP contribution in [0.4, 0.5) is 0 Å². The molecule has 0 fully saturated rings. The monoisotopic (exact) mass is 429 g/mol. The molecule has 0 aliphatic rings. The van der Waals surface area contributed by atoms with Gasteiger partial charge in [-0.05, 0) is 66.6 Å². The van der Waals surface area contributed by atoms with Gasteiger partial charge < -0.3 is 4.74 Å². The Labute approximate surface area is 162 Å². The van der Waals surface area contributed by atoms with Gasteiger partial charge in [0.25, 0.3) is 5.91 Å². The van der Waals surface area contributed by atoms with Gasteiger partial charge in [-0.25, -0.2) is 0 Å². The highest BCUT2D eigenvalue weighted by atomic mass is 79.9. The van der Waals surface area contributed by atoms with Gasteiger partial charge in [0.2, 0.25) is 5.91 Å². The number of hydrogen-bond acceptors (Lipinski definition) is 4. The predicted octanol–water partition coefficient (Wildman–Crippen LogP) is 3.45. The lowest BCUT2D eigenvalue weighted by molar-refractivity contribution is -0.121. The number of carbonyl (C=O) groups excluding carboxylic acids is 2. The third-order valence-corrected chi connectivity index (χ3v) is 3.93. The SMILES string of the molecule is CCCCCC(=O)NNC(=S)NC(=O)c1ccc(OC(C)C)c(Br)c1. The highest BCUT2D eigenvalue weighted by Gasteiger charge is 2.12. The van der Waals surface area contributed by atoms with E-state index in [0.29, 0.717) is 22.2 Å². The average molecular weight is 430 g/mol. The Balaban J connectivity index is 2.48. The van der Waals surface area contributed by atoms with Crippen LogP contribution in [0.25, 0.3) is 0 Å². The number of hydrazine groups is 1. The molecule has 138 valence electrons. The van der Waals surface area contributed by atoms with Crippen LogP contribution in [0.5, 0.6) is 5.75 Å². The van der Waals surface area contributed by atoms with Crippen molar-refractivity contribution in [2.75, 3.05) is 0 Å². The summed E-state index contributed by atoms with van der Waals surface area (Å²) in [6.45, 7) is 5.92. The maximum absolute atomic E-state index is 12.2. The summed E-state index contributed by atoms with van der Waals surface area (Å²) in [6.07, 6.45) is 3.32. The topological polar surface area (TPSA) is 79.5 Å². The van der Waals surface area contributed by atoms with Gasteiger partial charge in [-0.3, -0.25) is 25.8 Å². The van der Waals surface area contributed by atoms with Crippen molar-refractivity contribution < 1.29 is 14.3 Å². The number of nitrogens with one attached hydrogen (secondary N) is 3. The van der Waals surface area contributed by atoms with Crippen molar-refractivity contribution in [1.82, 2.24) is 16.2 Å². The van der Waals surface area contributed by atoms with Gasteiger partial charge in [-0.15, -0.1) is 0 Å². The van der Waals surface area contributed by atoms with Crippen LogP contribution in [0.3, 0.4) is 0 Å². The van der Waals surface area contributed by atoms with Crippen molar-refractivity contribution in [3.8, 4) is 5.75 Å². The van der Waals surface area contributed by atoms with Gasteiger partial charge in [0.15, 0.2) is 5.11 Å². The minimum absolute atomic E-state index is 0.0347. The molecule has 0 aromatic heterocycles. The molecule has 1 aromatic carbocycles. The van der Waals surface area contributed by atoms with Crippen LogP contribution in [0, 0.1) is 0 Å². The van der Waals surface area contributed by atoms with Crippen LogP contribution in [0.15, 0.2) is 22.7 Å². The fraction of sp³-hybridized carbons (Fsp3) is 0.471. The molecule has 6 nitrogen and oxygen atoms in total. The minimum Gasteiger partial charge on any atom is -0.490 e. The second kappa shape index (κ2) is 11.0. The number of benzene rings is 1. The van der Waals surface area contributed by atoms with Gasteiger partial charge in [0.1, 0.15) is 5.75 Å². The Hall–Kier alpha value is -1.67. The second-order valence-corrected chi connectivity index (χ2v) is 6.99. The number of halogens is 1. The molecule has 0 atom stereocenters. The Morgan fingerprint density at radius 3 is 2.56 bits per heavy atom. The molecule has 0 bridgehead atoms. The number of thiocarbonyl (C=S) groups is 1. The molecule has 8 heteroatoms. The molecular formula is C17H24BrN3O3S. The van der Waals surface area contributed by atoms with Crippen molar-refractivity contribution in [3.63, 3.8) is 0 Å². The highest BCUT2D eigenvalue weighted by molar-refractivity contribution is 9.10. The lowest BCUT2D eigenvalue weighted by atomic mass is 10.2. The van der Waals surface area contributed by atoms with E-state index in [1.807, 2.05) is 13.8 Å². The van der Waals surface area contributed by atoms with Gasteiger partial charge in [0, 0.05) is 12.0 Å². The summed E-state index contributed by atoms with van der Waals surface area (Å²) >= 11 is 8.38. The Morgan fingerprint density at radius 2 is 1.96 bits per heavy atom. The molecule has 0 saturated carbocycles. The minimum atomic E-state index is -0.380. The number of amides is 2. The van der Waals surface area contributed by atoms with Crippen LogP contribution < -0.4 is 20.9 Å². The summed E-state index contributed by atoms with van der Waals surface area (Å²) in [5.74, 6) is 0.115. The second-order valence-electron chi connectivity index (χ2n) is 5.73. The lowest BCUT2D eigenvalue weighted by Gasteiger charge is -2.13. The molecule has 0 aliphatic carbocycles. The zero-order valence-electron chi connectivity index (χ0n) is 14.6. The fourth-order valence-corrected chi connectivity index (χ4v) is 2.54. The first-order valence-corrected chi connectivity index (χ1v) is 9.40. The van der Waals surface area contributed by atoms with Gasteiger partial charge in [-0.1, -0.05) is 19.8 Å². The van der Waals surface area contributed by atoms with Crippen molar-refractivity contribution in [3.05, 3.63) is 28.2 Å². The van der Waals surface area contributed by atoms with Crippen molar-refractivity contribution >= 4 is 45.1 Å². The summed E-state index contributed by atoms with van der Waals surface area (Å²) in [7, 11) is 0. The number of carbonyl (C=O) groups is 2. The van der Waals surface area contributed by atoms with E-state index in [4.69, 9.17) is 17.0 Å². The summed E-state index contributed by atoms with van der Waals surface area (Å²) in [4.78, 5) is 23.8. The average Bonchev–Trinajstić information content (AvgIpc) is 2.54. The maximum atomic E-state index is 12.2. The fourth-order valence-electron chi connectivity index (χ4n) is 1.92. The normalized spacial score (nSPS) is 10.3. The van der Waals surface area contributed by atoms with Crippen LogP contribution in [-0.4, -0.2) is 23.0 Å². The smallest absolute Gasteiger partial charge is 0.257 e. The quantitative estimate of drug-likeness (QED) is 0.351. The summed E-state index contributed by atoms with van der Waals surface area (Å²) in [5.41, 5.74) is 5.41. The van der Waals surface area contributed by atoms with E-state index in [1.54, 1.807) is 18.2 Å². The highest BCUT2D eigenvalue weighted by Crippen LogP contribution is 2.26. The molecule has 0 saturated heterocycles. The van der Waals surface area contributed by atoms with E-state index < -0.39 is 0 Å². The van der Waals surface area contributed by atoms with Crippen molar-refractivity contribution in [2.45, 2.75) is 52.6 Å². The van der Waals surface area contributed by atoms with Crippen LogP contribution in [0.1, 0.15) is 56.8 Å².